The molecule has 5 heteroatoms. The van der Waals surface area contributed by atoms with Gasteiger partial charge in [-0.05, 0) is 86.3 Å². The van der Waals surface area contributed by atoms with Crippen LogP contribution in [0.4, 0.5) is 0 Å². The molecule has 1 aromatic rings. The van der Waals surface area contributed by atoms with E-state index in [-0.39, 0.29) is 17.3 Å². The highest BCUT2D eigenvalue weighted by Gasteiger charge is 2.51. The molecule has 4 aliphatic carbocycles. The Bertz CT molecular complexity index is 691. The first-order valence-electron chi connectivity index (χ1n) is 10.5. The van der Waals surface area contributed by atoms with Crippen LogP contribution in [0, 0.1) is 23.2 Å². The van der Waals surface area contributed by atoms with Gasteiger partial charge >= 0.3 is 5.97 Å². The third-order valence-corrected chi connectivity index (χ3v) is 6.99. The molecule has 4 bridgehead atoms. The largest absolute Gasteiger partial charge is 0.497 e. The molecule has 0 aliphatic heterocycles. The highest BCUT2D eigenvalue weighted by atomic mass is 16.5. The van der Waals surface area contributed by atoms with Crippen LogP contribution in [0.5, 0.6) is 5.75 Å². The first kappa shape index (κ1) is 19.3. The van der Waals surface area contributed by atoms with Crippen molar-refractivity contribution in [3.05, 3.63) is 29.8 Å². The van der Waals surface area contributed by atoms with Gasteiger partial charge in [0.15, 0.2) is 6.10 Å². The van der Waals surface area contributed by atoms with Crippen LogP contribution in [0.25, 0.3) is 0 Å². The average molecular weight is 386 g/mol. The number of rotatable bonds is 7. The summed E-state index contributed by atoms with van der Waals surface area (Å²) in [5.74, 6) is 2.74. The van der Waals surface area contributed by atoms with Gasteiger partial charge in [-0.2, -0.15) is 0 Å². The maximum Gasteiger partial charge on any atom is 0.307 e. The molecule has 1 unspecified atom stereocenters. The van der Waals surface area contributed by atoms with E-state index in [0.717, 1.165) is 29.1 Å². The Labute approximate surface area is 167 Å². The maximum absolute atomic E-state index is 12.6. The monoisotopic (exact) mass is 385 g/mol. The summed E-state index contributed by atoms with van der Waals surface area (Å²) in [6, 6.07) is 7.53. The smallest absolute Gasteiger partial charge is 0.307 e. The van der Waals surface area contributed by atoms with Crippen LogP contribution in [0.15, 0.2) is 24.3 Å². The molecule has 1 atom stereocenters. The Balaban J connectivity index is 1.25. The molecule has 4 aliphatic rings. The Kier molecular flexibility index (Phi) is 5.35. The highest BCUT2D eigenvalue weighted by Crippen LogP contribution is 2.61. The number of carbonyl (C=O) groups excluding carboxylic acids is 2. The number of hydrogen-bond donors (Lipinski definition) is 1. The maximum atomic E-state index is 12.6. The minimum absolute atomic E-state index is 0.144. The Hall–Kier alpha value is -2.04. The van der Waals surface area contributed by atoms with Crippen molar-refractivity contribution in [2.45, 2.75) is 64.5 Å². The number of nitrogens with one attached hydrogen (secondary N) is 1. The lowest BCUT2D eigenvalue weighted by Gasteiger charge is -2.56. The van der Waals surface area contributed by atoms with Gasteiger partial charge in [0.2, 0.25) is 0 Å². The quantitative estimate of drug-likeness (QED) is 0.724. The van der Waals surface area contributed by atoms with E-state index in [1.54, 1.807) is 14.0 Å². The third kappa shape index (κ3) is 4.18. The molecule has 5 nitrogen and oxygen atoms in total. The molecule has 0 spiro atoms. The van der Waals surface area contributed by atoms with Gasteiger partial charge < -0.3 is 14.8 Å². The van der Waals surface area contributed by atoms with E-state index in [2.05, 4.69) is 5.32 Å². The van der Waals surface area contributed by atoms with Crippen LogP contribution in [-0.4, -0.2) is 25.1 Å². The Morgan fingerprint density at radius 2 is 1.64 bits per heavy atom. The standard InChI is InChI=1S/C23H31NO4/c1-15(22(26)24-14-16-3-5-20(27-2)6-4-16)28-21(25)13-23-10-17-7-18(11-23)9-19(8-17)12-23/h3-6,15,17-19H,7-14H2,1-2H3,(H,24,26). The highest BCUT2D eigenvalue weighted by molar-refractivity contribution is 5.83. The van der Waals surface area contributed by atoms with E-state index in [1.807, 2.05) is 24.3 Å². The summed E-state index contributed by atoms with van der Waals surface area (Å²) >= 11 is 0. The lowest BCUT2D eigenvalue weighted by atomic mass is 9.49. The fourth-order valence-electron chi connectivity index (χ4n) is 6.18. The van der Waals surface area contributed by atoms with Gasteiger partial charge in [-0.1, -0.05) is 12.1 Å². The van der Waals surface area contributed by atoms with Crippen molar-refractivity contribution in [1.29, 1.82) is 0 Å². The van der Waals surface area contributed by atoms with Crippen molar-refractivity contribution in [3.8, 4) is 5.75 Å². The Morgan fingerprint density at radius 3 is 2.18 bits per heavy atom. The first-order chi connectivity index (χ1) is 13.4. The molecular formula is C23H31NO4. The second kappa shape index (κ2) is 7.76. The van der Waals surface area contributed by atoms with Gasteiger partial charge in [0.05, 0.1) is 13.5 Å². The van der Waals surface area contributed by atoms with Gasteiger partial charge in [-0.15, -0.1) is 0 Å². The minimum atomic E-state index is -0.764. The number of methoxy groups -OCH3 is 1. The first-order valence-corrected chi connectivity index (χ1v) is 10.5. The van der Waals surface area contributed by atoms with Gasteiger partial charge in [0.25, 0.3) is 5.91 Å². The zero-order valence-corrected chi connectivity index (χ0v) is 16.9. The minimum Gasteiger partial charge on any atom is -0.497 e. The van der Waals surface area contributed by atoms with Crippen LogP contribution in [0.1, 0.15) is 57.4 Å². The zero-order chi connectivity index (χ0) is 19.7. The summed E-state index contributed by atoms with van der Waals surface area (Å²) in [5, 5.41) is 2.84. The van der Waals surface area contributed by atoms with Gasteiger partial charge in [0, 0.05) is 6.54 Å². The summed E-state index contributed by atoms with van der Waals surface area (Å²) in [7, 11) is 1.62. The van der Waals surface area contributed by atoms with Crippen molar-refractivity contribution < 1.29 is 19.1 Å². The number of carbonyl (C=O) groups is 2. The van der Waals surface area contributed by atoms with Gasteiger partial charge in [-0.25, -0.2) is 0 Å². The summed E-state index contributed by atoms with van der Waals surface area (Å²) in [4.78, 5) is 24.9. The molecule has 28 heavy (non-hydrogen) atoms. The van der Waals surface area contributed by atoms with Crippen LogP contribution < -0.4 is 10.1 Å². The lowest BCUT2D eigenvalue weighted by Crippen LogP contribution is -2.47. The van der Waals surface area contributed by atoms with E-state index >= 15 is 0 Å². The van der Waals surface area contributed by atoms with Gasteiger partial charge in [0.1, 0.15) is 5.75 Å². The molecule has 0 aromatic heterocycles. The van der Waals surface area contributed by atoms with Crippen LogP contribution in [0.3, 0.4) is 0 Å². The molecule has 0 radical (unpaired) electrons. The predicted octanol–water partition coefficient (Wildman–Crippen LogP) is 3.85. The van der Waals surface area contributed by atoms with Crippen molar-refractivity contribution >= 4 is 11.9 Å². The van der Waals surface area contributed by atoms with E-state index in [4.69, 9.17) is 9.47 Å². The molecule has 1 amide bonds. The van der Waals surface area contributed by atoms with Gasteiger partial charge in [-0.3, -0.25) is 9.59 Å². The molecule has 4 saturated carbocycles. The van der Waals surface area contributed by atoms with Crippen molar-refractivity contribution in [2.75, 3.05) is 7.11 Å². The van der Waals surface area contributed by atoms with Crippen molar-refractivity contribution in [1.82, 2.24) is 5.32 Å². The van der Waals surface area contributed by atoms with E-state index in [0.29, 0.717) is 13.0 Å². The predicted molar refractivity (Wildman–Crippen MR) is 106 cm³/mol. The van der Waals surface area contributed by atoms with Crippen molar-refractivity contribution in [3.63, 3.8) is 0 Å². The van der Waals surface area contributed by atoms with Crippen molar-refractivity contribution in [2.24, 2.45) is 23.2 Å². The number of amides is 1. The second-order valence-corrected chi connectivity index (χ2v) is 9.29. The van der Waals surface area contributed by atoms with E-state index in [9.17, 15) is 9.59 Å². The SMILES string of the molecule is COc1ccc(CNC(=O)C(C)OC(=O)CC23CC4CC(CC(C4)C2)C3)cc1. The number of ether oxygens (including phenoxy) is 2. The number of esters is 1. The van der Waals surface area contributed by atoms with E-state index < -0.39 is 6.10 Å². The Morgan fingerprint density at radius 1 is 1.07 bits per heavy atom. The summed E-state index contributed by atoms with van der Waals surface area (Å²) in [5.41, 5.74) is 1.12. The normalized spacial score (nSPS) is 31.3. The molecular weight excluding hydrogens is 354 g/mol. The van der Waals surface area contributed by atoms with Crippen LogP contribution in [-0.2, 0) is 20.9 Å². The van der Waals surface area contributed by atoms with E-state index in [1.165, 1.54) is 38.5 Å². The summed E-state index contributed by atoms with van der Waals surface area (Å²) in [6.45, 7) is 2.06. The van der Waals surface area contributed by atoms with Crippen LogP contribution in [0.2, 0.25) is 0 Å². The average Bonchev–Trinajstić information content (AvgIpc) is 2.64. The summed E-state index contributed by atoms with van der Waals surface area (Å²) in [6.07, 6.45) is 7.31. The number of benzene rings is 1. The topological polar surface area (TPSA) is 64.6 Å². The lowest BCUT2D eigenvalue weighted by molar-refractivity contribution is -0.161. The summed E-state index contributed by atoms with van der Waals surface area (Å²) < 4.78 is 10.6. The molecule has 0 saturated heterocycles. The molecule has 1 N–H and O–H groups in total. The van der Waals surface area contributed by atoms with Crippen LogP contribution >= 0.6 is 0 Å². The molecule has 0 heterocycles. The molecule has 5 rings (SSSR count). The fourth-order valence-corrected chi connectivity index (χ4v) is 6.18. The molecule has 1 aromatic carbocycles. The third-order valence-electron chi connectivity index (χ3n) is 6.99. The molecule has 4 fully saturated rings. The fraction of sp³-hybridized carbons (Fsp3) is 0.652. The molecule has 152 valence electrons. The number of hydrogen-bond acceptors (Lipinski definition) is 4. The zero-order valence-electron chi connectivity index (χ0n) is 16.9. The second-order valence-electron chi connectivity index (χ2n) is 9.29.